The van der Waals surface area contributed by atoms with E-state index >= 15 is 0 Å². The van der Waals surface area contributed by atoms with Crippen LogP contribution in [0.1, 0.15) is 22.9 Å². The lowest BCUT2D eigenvalue weighted by Crippen LogP contribution is -2.33. The number of para-hydroxylation sites is 1. The Bertz CT molecular complexity index is 4300. The molecule has 1 aliphatic rings. The summed E-state index contributed by atoms with van der Waals surface area (Å²) in [6.07, 6.45) is -0.392. The van der Waals surface area contributed by atoms with Crippen molar-refractivity contribution in [3.8, 4) is 44.5 Å². The number of hydrogen-bond acceptors (Lipinski definition) is 4. The monoisotopic (exact) mass is 905 g/mol. The van der Waals surface area contributed by atoms with Crippen molar-refractivity contribution < 1.29 is 4.42 Å². The number of amidine groups is 2. The minimum absolute atomic E-state index is 0.392. The molecule has 0 fully saturated rings. The molecule has 2 heterocycles. The third-order valence-electron chi connectivity index (χ3n) is 14.3. The smallest absolute Gasteiger partial charge is 0.159 e. The van der Waals surface area contributed by atoms with Gasteiger partial charge in [0, 0.05) is 27.5 Å². The second-order valence-electron chi connectivity index (χ2n) is 18.5. The number of fused-ring (bicyclic) bond motifs is 7. The molecule has 12 aromatic carbocycles. The van der Waals surface area contributed by atoms with Crippen molar-refractivity contribution in [1.82, 2.24) is 5.32 Å². The Morgan fingerprint density at radius 2 is 0.845 bits per heavy atom. The molecule has 0 bridgehead atoms. The molecule has 0 radical (unpaired) electrons. The van der Waals surface area contributed by atoms with Gasteiger partial charge in [-0.05, 0) is 118 Å². The first kappa shape index (κ1) is 40.7. The average molecular weight is 906 g/mol. The predicted molar refractivity (Wildman–Crippen MR) is 297 cm³/mol. The fourth-order valence-corrected chi connectivity index (χ4v) is 10.8. The van der Waals surface area contributed by atoms with Gasteiger partial charge in [0.2, 0.25) is 0 Å². The van der Waals surface area contributed by atoms with Crippen LogP contribution < -0.4 is 5.32 Å². The molecule has 4 heteroatoms. The Kier molecular flexibility index (Phi) is 9.56. The summed E-state index contributed by atoms with van der Waals surface area (Å²) in [6, 6.07) is 89.0. The minimum Gasteiger partial charge on any atom is -0.455 e. The third kappa shape index (κ3) is 7.07. The van der Waals surface area contributed by atoms with Crippen LogP contribution in [-0.2, 0) is 0 Å². The highest BCUT2D eigenvalue weighted by Crippen LogP contribution is 2.45. The summed E-state index contributed by atoms with van der Waals surface area (Å²) in [4.78, 5) is 10.8. The number of benzene rings is 12. The van der Waals surface area contributed by atoms with E-state index < -0.39 is 6.17 Å². The molecular weight excluding hydrogens is 863 g/mol. The highest BCUT2D eigenvalue weighted by atomic mass is 16.3. The van der Waals surface area contributed by atoms with E-state index in [9.17, 15) is 0 Å². The maximum atomic E-state index is 6.89. The summed E-state index contributed by atoms with van der Waals surface area (Å²) in [5.41, 5.74) is 13.8. The second kappa shape index (κ2) is 16.7. The summed E-state index contributed by atoms with van der Waals surface area (Å²) in [6.45, 7) is 0. The number of rotatable bonds is 7. The van der Waals surface area contributed by atoms with E-state index in [1.807, 2.05) is 6.07 Å². The van der Waals surface area contributed by atoms with E-state index in [-0.39, 0.29) is 0 Å². The third-order valence-corrected chi connectivity index (χ3v) is 14.3. The van der Waals surface area contributed by atoms with Gasteiger partial charge in [-0.15, -0.1) is 0 Å². The molecule has 0 spiro atoms. The van der Waals surface area contributed by atoms with Gasteiger partial charge in [-0.2, -0.15) is 0 Å². The van der Waals surface area contributed by atoms with E-state index in [2.05, 4.69) is 248 Å². The van der Waals surface area contributed by atoms with E-state index in [0.717, 1.165) is 88.4 Å². The quantitative estimate of drug-likeness (QED) is 0.173. The van der Waals surface area contributed by atoms with Crippen molar-refractivity contribution in [2.45, 2.75) is 6.17 Å². The van der Waals surface area contributed by atoms with Crippen LogP contribution in [0, 0.1) is 0 Å². The Morgan fingerprint density at radius 3 is 1.54 bits per heavy atom. The minimum atomic E-state index is -0.392. The largest absolute Gasteiger partial charge is 0.455 e. The number of aliphatic imine (C=N–C) groups is 2. The van der Waals surface area contributed by atoms with Gasteiger partial charge >= 0.3 is 0 Å². The Hall–Kier alpha value is -9.38. The fraction of sp³-hybridized carbons (Fsp3) is 0.0149. The van der Waals surface area contributed by atoms with Gasteiger partial charge in [-0.1, -0.05) is 218 Å². The van der Waals surface area contributed by atoms with Crippen LogP contribution in [0.25, 0.3) is 110 Å². The van der Waals surface area contributed by atoms with Gasteiger partial charge in [0.05, 0.1) is 0 Å². The zero-order valence-electron chi connectivity index (χ0n) is 38.6. The van der Waals surface area contributed by atoms with Gasteiger partial charge < -0.3 is 9.73 Å². The van der Waals surface area contributed by atoms with Crippen molar-refractivity contribution in [2.24, 2.45) is 9.98 Å². The molecule has 71 heavy (non-hydrogen) atoms. The Balaban J connectivity index is 0.913. The van der Waals surface area contributed by atoms with Crippen molar-refractivity contribution in [3.05, 3.63) is 265 Å². The highest BCUT2D eigenvalue weighted by molar-refractivity contribution is 6.20. The predicted octanol–water partition coefficient (Wildman–Crippen LogP) is 17.4. The second-order valence-corrected chi connectivity index (χ2v) is 18.5. The van der Waals surface area contributed by atoms with Crippen molar-refractivity contribution in [2.75, 3.05) is 0 Å². The number of nitrogens with one attached hydrogen (secondary N) is 1. The Morgan fingerprint density at radius 1 is 0.338 bits per heavy atom. The molecule has 1 unspecified atom stereocenters. The van der Waals surface area contributed by atoms with Gasteiger partial charge in [-0.3, -0.25) is 0 Å². The molecule has 332 valence electrons. The van der Waals surface area contributed by atoms with Crippen molar-refractivity contribution >= 4 is 76.7 Å². The van der Waals surface area contributed by atoms with Crippen LogP contribution in [0.5, 0.6) is 0 Å². The Labute approximate surface area is 410 Å². The molecule has 1 aliphatic heterocycles. The van der Waals surface area contributed by atoms with Gasteiger partial charge in [0.1, 0.15) is 23.2 Å². The first-order chi connectivity index (χ1) is 35.2. The SMILES string of the molecule is c1ccc2cc(C3=NC(c4cc(-c5ccc(-c6ccc(-c7cccc8ccccc78)cc6)c6oc7ccccc7c56)c5ccccc5c4)=NC(c4ccc(-c5cccc6ccccc56)cc4)N3)ccc2c1. The van der Waals surface area contributed by atoms with Crippen molar-refractivity contribution in [1.29, 1.82) is 0 Å². The maximum absolute atomic E-state index is 6.89. The molecule has 0 aliphatic carbocycles. The first-order valence-corrected chi connectivity index (χ1v) is 24.2. The first-order valence-electron chi connectivity index (χ1n) is 24.2. The van der Waals surface area contributed by atoms with Gasteiger partial charge in [-0.25, -0.2) is 9.98 Å². The number of hydrogen-bond donors (Lipinski definition) is 1. The molecule has 0 saturated carbocycles. The van der Waals surface area contributed by atoms with Crippen LogP contribution in [0.3, 0.4) is 0 Å². The number of nitrogens with zero attached hydrogens (tertiary/aromatic N) is 2. The molecule has 13 aromatic rings. The van der Waals surface area contributed by atoms with E-state index in [1.165, 1.54) is 43.6 Å². The maximum Gasteiger partial charge on any atom is 0.159 e. The fourth-order valence-electron chi connectivity index (χ4n) is 10.8. The topological polar surface area (TPSA) is 49.9 Å². The normalized spacial score (nSPS) is 13.8. The molecule has 0 saturated heterocycles. The molecule has 1 aromatic heterocycles. The van der Waals surface area contributed by atoms with Crippen LogP contribution >= 0.6 is 0 Å². The van der Waals surface area contributed by atoms with Gasteiger partial charge in [0.25, 0.3) is 0 Å². The summed E-state index contributed by atoms with van der Waals surface area (Å²) >= 11 is 0. The van der Waals surface area contributed by atoms with Gasteiger partial charge in [0.15, 0.2) is 5.84 Å². The lowest BCUT2D eigenvalue weighted by atomic mass is 9.90. The lowest BCUT2D eigenvalue weighted by Gasteiger charge is -2.24. The van der Waals surface area contributed by atoms with Crippen LogP contribution in [0.4, 0.5) is 0 Å². The van der Waals surface area contributed by atoms with Crippen LogP contribution in [0.2, 0.25) is 0 Å². The summed E-state index contributed by atoms with van der Waals surface area (Å²) in [5.74, 6) is 1.44. The zero-order valence-corrected chi connectivity index (χ0v) is 38.6. The lowest BCUT2D eigenvalue weighted by molar-refractivity contribution is 0.670. The summed E-state index contributed by atoms with van der Waals surface area (Å²) < 4.78 is 6.89. The molecular formula is C67H43N3O. The molecule has 14 rings (SSSR count). The zero-order chi connectivity index (χ0) is 46.8. The molecule has 4 nitrogen and oxygen atoms in total. The summed E-state index contributed by atoms with van der Waals surface area (Å²) in [7, 11) is 0. The molecule has 1 atom stereocenters. The number of furan rings is 1. The standard InChI is InChI=1S/C67H43N3O/c1-2-16-49-39-51(36-27-42(49)13-1)66-68-65(48-34-32-46(33-35-48)56-25-12-19-44-15-4-7-21-54(44)56)69-67(70-66)52-40-50-17-5-8-22-57(50)61(41-52)59-38-37-58(64-63(59)60-23-9-10-26-62(60)71-64)47-30-28-45(29-31-47)55-24-11-18-43-14-3-6-20-53(43)55/h1-41,65H,(H,68,69,70). The van der Waals surface area contributed by atoms with E-state index in [0.29, 0.717) is 5.84 Å². The molecule has 0 amide bonds. The van der Waals surface area contributed by atoms with Crippen LogP contribution in [0.15, 0.2) is 263 Å². The summed E-state index contributed by atoms with van der Waals surface area (Å²) in [5, 5.41) is 15.4. The average Bonchev–Trinajstić information content (AvgIpc) is 3.84. The van der Waals surface area contributed by atoms with E-state index in [4.69, 9.17) is 14.4 Å². The highest BCUT2D eigenvalue weighted by Gasteiger charge is 2.24. The van der Waals surface area contributed by atoms with Crippen molar-refractivity contribution in [3.63, 3.8) is 0 Å². The van der Waals surface area contributed by atoms with Crippen LogP contribution in [-0.4, -0.2) is 11.7 Å². The van der Waals surface area contributed by atoms with E-state index in [1.54, 1.807) is 0 Å². The molecule has 1 N–H and O–H groups in total.